The van der Waals surface area contributed by atoms with Gasteiger partial charge >= 0.3 is 5.97 Å². The maximum Gasteiger partial charge on any atom is 0.307 e. The highest BCUT2D eigenvalue weighted by Crippen LogP contribution is 2.39. The van der Waals surface area contributed by atoms with Gasteiger partial charge in [0.15, 0.2) is 0 Å². The van der Waals surface area contributed by atoms with E-state index < -0.39 is 5.41 Å². The van der Waals surface area contributed by atoms with Gasteiger partial charge in [-0.15, -0.1) is 0 Å². The summed E-state index contributed by atoms with van der Waals surface area (Å²) in [6, 6.07) is -0.441. The molecule has 0 N–H and O–H groups in total. The standard InChI is InChI=1S/C14H18ClNO3/c1-9-5-4-6-14(3,10(2)17)13(9)16(15)11-7-12(18)19-8-11/h4-6,11,13H,7-8H2,1-3H3. The fraction of sp³-hybridized carbons (Fsp3) is 0.571. The maximum absolute atomic E-state index is 12.0. The Morgan fingerprint density at radius 3 is 2.79 bits per heavy atom. The molecule has 2 rings (SSSR count). The smallest absolute Gasteiger partial charge is 0.307 e. The zero-order chi connectivity index (χ0) is 14.2. The number of rotatable bonds is 3. The van der Waals surface area contributed by atoms with Crippen molar-refractivity contribution in [2.24, 2.45) is 5.41 Å². The van der Waals surface area contributed by atoms with Crippen LogP contribution >= 0.6 is 11.8 Å². The number of carbonyl (C=O) groups excluding carboxylic acids is 2. The molecule has 3 unspecified atom stereocenters. The molecule has 1 aliphatic carbocycles. The van der Waals surface area contributed by atoms with Gasteiger partial charge in [0.05, 0.1) is 23.9 Å². The minimum absolute atomic E-state index is 0.0529. The van der Waals surface area contributed by atoms with E-state index in [2.05, 4.69) is 0 Å². The maximum atomic E-state index is 12.0. The molecule has 3 atom stereocenters. The molecule has 2 aliphatic rings. The number of hydrogen-bond acceptors (Lipinski definition) is 4. The Hall–Kier alpha value is -1.13. The van der Waals surface area contributed by atoms with Crippen LogP contribution in [0.1, 0.15) is 27.2 Å². The molecule has 104 valence electrons. The van der Waals surface area contributed by atoms with E-state index in [-0.39, 0.29) is 36.9 Å². The summed E-state index contributed by atoms with van der Waals surface area (Å²) in [6.45, 7) is 5.67. The normalized spacial score (nSPS) is 34.4. The van der Waals surface area contributed by atoms with Crippen LogP contribution in [-0.2, 0) is 14.3 Å². The zero-order valence-electron chi connectivity index (χ0n) is 11.4. The number of ketones is 1. The van der Waals surface area contributed by atoms with Gasteiger partial charge in [-0.3, -0.25) is 9.59 Å². The molecule has 1 aliphatic heterocycles. The summed E-state index contributed by atoms with van der Waals surface area (Å²) in [5.74, 6) is -0.190. The fourth-order valence-electron chi connectivity index (χ4n) is 2.68. The van der Waals surface area contributed by atoms with Crippen molar-refractivity contribution in [3.8, 4) is 0 Å². The lowest BCUT2D eigenvalue weighted by molar-refractivity contribution is -0.138. The molecule has 0 amide bonds. The van der Waals surface area contributed by atoms with Gasteiger partial charge in [0.25, 0.3) is 0 Å². The highest BCUT2D eigenvalue weighted by molar-refractivity contribution is 6.14. The van der Waals surface area contributed by atoms with Crippen LogP contribution in [0.3, 0.4) is 0 Å². The van der Waals surface area contributed by atoms with E-state index in [0.717, 1.165) is 5.57 Å². The molecule has 0 aromatic carbocycles. The highest BCUT2D eigenvalue weighted by atomic mass is 35.5. The van der Waals surface area contributed by atoms with Crippen LogP contribution < -0.4 is 0 Å². The lowest BCUT2D eigenvalue weighted by atomic mass is 9.72. The van der Waals surface area contributed by atoms with Gasteiger partial charge in [0.1, 0.15) is 12.4 Å². The second-order valence-corrected chi connectivity index (χ2v) is 5.79. The first kappa shape index (κ1) is 14.3. The summed E-state index contributed by atoms with van der Waals surface area (Å²) in [7, 11) is 0. The van der Waals surface area contributed by atoms with Gasteiger partial charge in [0, 0.05) is 0 Å². The molecule has 0 aromatic heterocycles. The number of ether oxygens (including phenoxy) is 1. The van der Waals surface area contributed by atoms with Crippen molar-refractivity contribution in [1.82, 2.24) is 4.42 Å². The summed E-state index contributed by atoms with van der Waals surface area (Å²) in [5.41, 5.74) is 0.334. The SMILES string of the molecule is CC(=O)C1(C)C=CC=C(C)C1N(Cl)C1COC(=O)C1. The number of halogens is 1. The van der Waals surface area contributed by atoms with E-state index in [1.54, 1.807) is 11.3 Å². The fourth-order valence-corrected chi connectivity index (χ4v) is 3.17. The molecule has 0 saturated carbocycles. The number of hydrogen-bond donors (Lipinski definition) is 0. The predicted octanol–water partition coefficient (Wildman–Crippen LogP) is 2.24. The van der Waals surface area contributed by atoms with Crippen LogP contribution in [-0.4, -0.2) is 34.9 Å². The van der Waals surface area contributed by atoms with Gasteiger partial charge in [-0.2, -0.15) is 0 Å². The lowest BCUT2D eigenvalue weighted by Gasteiger charge is -2.41. The van der Waals surface area contributed by atoms with Crippen molar-refractivity contribution >= 4 is 23.5 Å². The third kappa shape index (κ3) is 2.47. The number of carbonyl (C=O) groups is 2. The van der Waals surface area contributed by atoms with Gasteiger partial charge in [0.2, 0.25) is 0 Å². The number of nitrogens with zero attached hydrogens (tertiary/aromatic N) is 1. The van der Waals surface area contributed by atoms with Crippen molar-refractivity contribution in [2.75, 3.05) is 6.61 Å². The van der Waals surface area contributed by atoms with Crippen molar-refractivity contribution in [2.45, 2.75) is 39.3 Å². The second-order valence-electron chi connectivity index (χ2n) is 5.40. The monoisotopic (exact) mass is 283 g/mol. The number of Topliss-reactive ketones (excluding diaryl/α,β-unsaturated/α-hetero) is 1. The Labute approximate surface area is 118 Å². The average Bonchev–Trinajstić information content (AvgIpc) is 2.75. The van der Waals surface area contributed by atoms with Crippen molar-refractivity contribution in [1.29, 1.82) is 0 Å². The van der Waals surface area contributed by atoms with Gasteiger partial charge in [-0.05, 0) is 32.5 Å². The summed E-state index contributed by atoms with van der Waals surface area (Å²) in [4.78, 5) is 23.2. The first-order chi connectivity index (χ1) is 8.86. The van der Waals surface area contributed by atoms with Crippen molar-refractivity contribution in [3.05, 3.63) is 23.8 Å². The topological polar surface area (TPSA) is 46.6 Å². The Balaban J connectivity index is 2.29. The average molecular weight is 284 g/mol. The van der Waals surface area contributed by atoms with Crippen LogP contribution in [0.2, 0.25) is 0 Å². The lowest BCUT2D eigenvalue weighted by Crippen LogP contribution is -2.50. The number of allylic oxidation sites excluding steroid dienone is 2. The van der Waals surface area contributed by atoms with Gasteiger partial charge in [-0.1, -0.05) is 23.8 Å². The largest absolute Gasteiger partial charge is 0.464 e. The van der Waals surface area contributed by atoms with Crippen LogP contribution in [0.15, 0.2) is 23.8 Å². The van der Waals surface area contributed by atoms with Crippen LogP contribution in [0.5, 0.6) is 0 Å². The van der Waals surface area contributed by atoms with Crippen LogP contribution in [0, 0.1) is 5.41 Å². The Morgan fingerprint density at radius 1 is 1.58 bits per heavy atom. The van der Waals surface area contributed by atoms with Crippen LogP contribution in [0.4, 0.5) is 0 Å². The zero-order valence-corrected chi connectivity index (χ0v) is 12.1. The number of cyclic esters (lactones) is 1. The Morgan fingerprint density at radius 2 is 2.26 bits per heavy atom. The first-order valence-electron chi connectivity index (χ1n) is 6.33. The third-order valence-corrected chi connectivity index (χ3v) is 4.47. The molecular weight excluding hydrogens is 266 g/mol. The quantitative estimate of drug-likeness (QED) is 0.589. The van der Waals surface area contributed by atoms with E-state index in [1.807, 2.05) is 32.1 Å². The van der Waals surface area contributed by atoms with E-state index >= 15 is 0 Å². The van der Waals surface area contributed by atoms with E-state index in [0.29, 0.717) is 0 Å². The molecule has 0 bridgehead atoms. The molecule has 4 nitrogen and oxygen atoms in total. The highest BCUT2D eigenvalue weighted by Gasteiger charge is 2.45. The summed E-state index contributed by atoms with van der Waals surface area (Å²) < 4.78 is 6.54. The molecule has 1 fully saturated rings. The summed E-state index contributed by atoms with van der Waals surface area (Å²) >= 11 is 6.43. The minimum Gasteiger partial charge on any atom is -0.464 e. The van der Waals surface area contributed by atoms with E-state index in [9.17, 15) is 9.59 Å². The molecule has 0 aromatic rings. The van der Waals surface area contributed by atoms with E-state index in [1.165, 1.54) is 0 Å². The number of esters is 1. The molecule has 0 spiro atoms. The Bertz CT molecular complexity index is 471. The Kier molecular flexibility index (Phi) is 3.83. The van der Waals surface area contributed by atoms with Crippen molar-refractivity contribution < 1.29 is 14.3 Å². The van der Waals surface area contributed by atoms with Gasteiger partial charge in [-0.25, -0.2) is 4.42 Å². The molecule has 1 heterocycles. The minimum atomic E-state index is -0.674. The third-order valence-electron chi connectivity index (χ3n) is 3.99. The molecule has 19 heavy (non-hydrogen) atoms. The molecular formula is C14H18ClNO3. The molecule has 1 saturated heterocycles. The first-order valence-corrected chi connectivity index (χ1v) is 6.67. The summed E-state index contributed by atoms with van der Waals surface area (Å²) in [6.07, 6.45) is 5.97. The molecule has 5 heteroatoms. The van der Waals surface area contributed by atoms with Crippen LogP contribution in [0.25, 0.3) is 0 Å². The van der Waals surface area contributed by atoms with Crippen molar-refractivity contribution in [3.63, 3.8) is 0 Å². The van der Waals surface area contributed by atoms with Gasteiger partial charge < -0.3 is 4.74 Å². The second kappa shape index (κ2) is 5.10. The predicted molar refractivity (Wildman–Crippen MR) is 72.5 cm³/mol. The summed E-state index contributed by atoms with van der Waals surface area (Å²) in [5, 5.41) is 0. The molecule has 0 radical (unpaired) electrons. The van der Waals surface area contributed by atoms with E-state index in [4.69, 9.17) is 16.5 Å².